The van der Waals surface area contributed by atoms with E-state index >= 15 is 0 Å². The van der Waals surface area contributed by atoms with E-state index in [1.54, 1.807) is 0 Å². The second kappa shape index (κ2) is 7.05. The summed E-state index contributed by atoms with van der Waals surface area (Å²) in [6.07, 6.45) is 1.08. The quantitative estimate of drug-likeness (QED) is 0.916. The van der Waals surface area contributed by atoms with Crippen molar-refractivity contribution in [3.63, 3.8) is 0 Å². The largest absolute Gasteiger partial charge is 0.340 e. The Balaban J connectivity index is 1.87. The highest BCUT2D eigenvalue weighted by Gasteiger charge is 2.25. The molecule has 0 saturated carbocycles. The number of likely N-dealkylation sites (N-methyl/N-ethyl adjacent to an activating group) is 1. The minimum atomic E-state index is 0.167. The van der Waals surface area contributed by atoms with Crippen LogP contribution in [0.2, 0.25) is 0 Å². The summed E-state index contributed by atoms with van der Waals surface area (Å²) in [7, 11) is 1.88. The van der Waals surface area contributed by atoms with Gasteiger partial charge >= 0.3 is 0 Å². The van der Waals surface area contributed by atoms with Gasteiger partial charge in [0.25, 0.3) is 0 Å². The summed E-state index contributed by atoms with van der Waals surface area (Å²) in [5.74, 6) is 0.723. The number of hydrogen-bond donors (Lipinski definition) is 1. The van der Waals surface area contributed by atoms with Crippen molar-refractivity contribution < 1.29 is 4.79 Å². The van der Waals surface area contributed by atoms with Crippen molar-refractivity contribution >= 4 is 5.91 Å². The van der Waals surface area contributed by atoms with Crippen molar-refractivity contribution in [1.82, 2.24) is 9.80 Å². The summed E-state index contributed by atoms with van der Waals surface area (Å²) in [5.41, 5.74) is 8.53. The van der Waals surface area contributed by atoms with Gasteiger partial charge in [-0.1, -0.05) is 31.2 Å². The Hall–Kier alpha value is -1.39. The molecule has 1 aliphatic heterocycles. The van der Waals surface area contributed by atoms with E-state index in [0.29, 0.717) is 19.0 Å². The number of benzene rings is 1. The summed E-state index contributed by atoms with van der Waals surface area (Å²) in [4.78, 5) is 16.4. The molecule has 4 nitrogen and oxygen atoms in total. The summed E-state index contributed by atoms with van der Waals surface area (Å²) in [6.45, 7) is 7.21. The molecule has 1 saturated heterocycles. The van der Waals surface area contributed by atoms with Gasteiger partial charge in [0.15, 0.2) is 0 Å². The number of nitrogens with two attached hydrogens (primary N) is 1. The highest BCUT2D eigenvalue weighted by atomic mass is 16.2. The van der Waals surface area contributed by atoms with Crippen molar-refractivity contribution in [3.8, 4) is 0 Å². The number of rotatable bonds is 4. The first-order valence-corrected chi connectivity index (χ1v) is 7.73. The average molecular weight is 289 g/mol. The number of carbonyl (C=O) groups excluding carboxylic acids is 1. The zero-order valence-corrected chi connectivity index (χ0v) is 13.4. The van der Waals surface area contributed by atoms with Crippen LogP contribution in [0, 0.1) is 12.8 Å². The molecule has 1 aromatic carbocycles. The van der Waals surface area contributed by atoms with Crippen molar-refractivity contribution in [2.75, 3.05) is 26.7 Å². The molecular formula is C17H27N3O. The third kappa shape index (κ3) is 4.29. The summed E-state index contributed by atoms with van der Waals surface area (Å²) < 4.78 is 0. The molecule has 0 aromatic heterocycles. The predicted molar refractivity (Wildman–Crippen MR) is 85.8 cm³/mol. The Morgan fingerprint density at radius 2 is 2.14 bits per heavy atom. The Labute approximate surface area is 127 Å². The van der Waals surface area contributed by atoms with E-state index in [2.05, 4.69) is 30.9 Å². The van der Waals surface area contributed by atoms with E-state index in [4.69, 9.17) is 5.73 Å². The molecule has 4 heteroatoms. The first-order valence-electron chi connectivity index (χ1n) is 7.73. The Morgan fingerprint density at radius 3 is 2.81 bits per heavy atom. The van der Waals surface area contributed by atoms with Crippen LogP contribution in [0.5, 0.6) is 0 Å². The number of amides is 1. The molecule has 2 N–H and O–H groups in total. The molecule has 2 unspecified atom stereocenters. The zero-order chi connectivity index (χ0) is 15.4. The van der Waals surface area contributed by atoms with E-state index < -0.39 is 0 Å². The number of likely N-dealkylation sites (tertiary alicyclic amines) is 1. The van der Waals surface area contributed by atoms with Crippen LogP contribution in [-0.2, 0) is 11.3 Å². The number of piperidine rings is 1. The van der Waals surface area contributed by atoms with E-state index in [-0.39, 0.29) is 11.9 Å². The van der Waals surface area contributed by atoms with Crippen molar-refractivity contribution in [2.24, 2.45) is 11.7 Å². The van der Waals surface area contributed by atoms with Crippen LogP contribution in [0.4, 0.5) is 0 Å². The highest BCUT2D eigenvalue weighted by Crippen LogP contribution is 2.15. The number of carbonyl (C=O) groups is 1. The van der Waals surface area contributed by atoms with Gasteiger partial charge in [-0.3, -0.25) is 9.69 Å². The fraction of sp³-hybridized carbons (Fsp3) is 0.588. The second-order valence-corrected chi connectivity index (χ2v) is 6.34. The lowest BCUT2D eigenvalue weighted by atomic mass is 9.94. The van der Waals surface area contributed by atoms with Gasteiger partial charge in [-0.2, -0.15) is 0 Å². The molecule has 1 heterocycles. The molecule has 0 aliphatic carbocycles. The summed E-state index contributed by atoms with van der Waals surface area (Å²) in [6, 6.07) is 8.40. The maximum atomic E-state index is 12.4. The SMILES string of the molecule is Cc1ccccc1CN(C)C(=O)CN1CCC(C)C(N)C1. The van der Waals surface area contributed by atoms with Gasteiger partial charge in [0.05, 0.1) is 6.54 Å². The normalized spacial score (nSPS) is 23.0. The minimum Gasteiger partial charge on any atom is -0.340 e. The molecule has 0 bridgehead atoms. The number of hydrogen-bond acceptors (Lipinski definition) is 3. The molecule has 0 spiro atoms. The van der Waals surface area contributed by atoms with E-state index in [0.717, 1.165) is 19.5 Å². The van der Waals surface area contributed by atoms with E-state index in [9.17, 15) is 4.79 Å². The van der Waals surface area contributed by atoms with Crippen LogP contribution in [-0.4, -0.2) is 48.4 Å². The van der Waals surface area contributed by atoms with Gasteiger partial charge in [-0.25, -0.2) is 0 Å². The first kappa shape index (κ1) is 16.0. The third-order valence-electron chi connectivity index (χ3n) is 4.55. The lowest BCUT2D eigenvalue weighted by Crippen LogP contribution is -2.50. The van der Waals surface area contributed by atoms with Crippen LogP contribution < -0.4 is 5.73 Å². The van der Waals surface area contributed by atoms with Crippen LogP contribution in [0.25, 0.3) is 0 Å². The van der Waals surface area contributed by atoms with E-state index in [1.165, 1.54) is 11.1 Å². The van der Waals surface area contributed by atoms with Gasteiger partial charge in [-0.15, -0.1) is 0 Å². The topological polar surface area (TPSA) is 49.6 Å². The van der Waals surface area contributed by atoms with Crippen LogP contribution in [0.1, 0.15) is 24.5 Å². The summed E-state index contributed by atoms with van der Waals surface area (Å²) in [5, 5.41) is 0. The molecule has 1 aliphatic rings. The zero-order valence-electron chi connectivity index (χ0n) is 13.4. The molecule has 2 rings (SSSR count). The van der Waals surface area contributed by atoms with Crippen molar-refractivity contribution in [1.29, 1.82) is 0 Å². The van der Waals surface area contributed by atoms with Gasteiger partial charge < -0.3 is 10.6 Å². The second-order valence-electron chi connectivity index (χ2n) is 6.34. The molecule has 0 radical (unpaired) electrons. The number of aryl methyl sites for hydroxylation is 1. The molecular weight excluding hydrogens is 262 g/mol. The van der Waals surface area contributed by atoms with Crippen LogP contribution in [0.3, 0.4) is 0 Å². The third-order valence-corrected chi connectivity index (χ3v) is 4.55. The molecule has 1 fully saturated rings. The maximum Gasteiger partial charge on any atom is 0.236 e. The fourth-order valence-corrected chi connectivity index (χ4v) is 2.76. The molecule has 1 amide bonds. The molecule has 2 atom stereocenters. The number of nitrogens with zero attached hydrogens (tertiary/aromatic N) is 2. The van der Waals surface area contributed by atoms with E-state index in [1.807, 2.05) is 24.1 Å². The van der Waals surface area contributed by atoms with Crippen LogP contribution in [0.15, 0.2) is 24.3 Å². The predicted octanol–water partition coefficient (Wildman–Crippen LogP) is 1.62. The van der Waals surface area contributed by atoms with Crippen LogP contribution >= 0.6 is 0 Å². The monoisotopic (exact) mass is 289 g/mol. The van der Waals surface area contributed by atoms with Crippen molar-refractivity contribution in [3.05, 3.63) is 35.4 Å². The Bertz CT molecular complexity index is 489. The Morgan fingerprint density at radius 1 is 1.43 bits per heavy atom. The summed E-state index contributed by atoms with van der Waals surface area (Å²) >= 11 is 0. The van der Waals surface area contributed by atoms with Gasteiger partial charge in [0.2, 0.25) is 5.91 Å². The van der Waals surface area contributed by atoms with Gasteiger partial charge in [-0.05, 0) is 36.9 Å². The lowest BCUT2D eigenvalue weighted by molar-refractivity contribution is -0.132. The average Bonchev–Trinajstić information content (AvgIpc) is 2.45. The smallest absolute Gasteiger partial charge is 0.236 e. The Kier molecular flexibility index (Phi) is 5.37. The van der Waals surface area contributed by atoms with Gasteiger partial charge in [0, 0.05) is 26.2 Å². The van der Waals surface area contributed by atoms with Crippen molar-refractivity contribution in [2.45, 2.75) is 32.9 Å². The molecule has 21 heavy (non-hydrogen) atoms. The minimum absolute atomic E-state index is 0.167. The first-order chi connectivity index (χ1) is 9.97. The highest BCUT2D eigenvalue weighted by molar-refractivity contribution is 5.78. The lowest BCUT2D eigenvalue weighted by Gasteiger charge is -2.35. The van der Waals surface area contributed by atoms with Gasteiger partial charge in [0.1, 0.15) is 0 Å². The molecule has 116 valence electrons. The standard InChI is InChI=1S/C17H27N3O/c1-13-6-4-5-7-15(13)10-19(3)17(21)12-20-9-8-14(2)16(18)11-20/h4-7,14,16H,8-12,18H2,1-3H3. The molecule has 1 aromatic rings. The fourth-order valence-electron chi connectivity index (χ4n) is 2.76. The maximum absolute atomic E-state index is 12.4.